The third-order valence-electron chi connectivity index (χ3n) is 4.27. The number of nitrogens with zero attached hydrogens (tertiary/aromatic N) is 2. The fourth-order valence-corrected chi connectivity index (χ4v) is 2.71. The summed E-state index contributed by atoms with van der Waals surface area (Å²) in [4.78, 5) is 24.3. The van der Waals surface area contributed by atoms with Crippen LogP contribution in [0.4, 0.5) is 0 Å². The van der Waals surface area contributed by atoms with Crippen molar-refractivity contribution in [2.45, 2.75) is 45.6 Å². The lowest BCUT2D eigenvalue weighted by Crippen LogP contribution is -2.30. The van der Waals surface area contributed by atoms with Crippen LogP contribution in [0.3, 0.4) is 0 Å². The fraction of sp³-hybridized carbons (Fsp3) is 0.471. The molecule has 0 aliphatic heterocycles. The summed E-state index contributed by atoms with van der Waals surface area (Å²) in [7, 11) is 0. The maximum Gasteiger partial charge on any atom is 0.327 e. The number of ether oxygens (including phenoxy) is 1. The molecule has 0 N–H and O–H groups in total. The number of carbonyl (C=O) groups is 1. The first-order valence-electron chi connectivity index (χ1n) is 7.62. The monoisotopic (exact) mass is 300 g/mol. The minimum atomic E-state index is -0.435. The van der Waals surface area contributed by atoms with Crippen molar-refractivity contribution in [2.24, 2.45) is 0 Å². The van der Waals surface area contributed by atoms with Gasteiger partial charge in [-0.25, -0.2) is 4.68 Å². The minimum Gasteiger partial charge on any atom is -0.465 e. The van der Waals surface area contributed by atoms with Crippen LogP contribution >= 0.6 is 0 Å². The highest BCUT2D eigenvalue weighted by molar-refractivity contribution is 5.85. The van der Waals surface area contributed by atoms with Gasteiger partial charge in [-0.2, -0.15) is 5.10 Å². The van der Waals surface area contributed by atoms with Crippen LogP contribution in [0, 0.1) is 6.92 Å². The van der Waals surface area contributed by atoms with Crippen LogP contribution in [-0.2, 0) is 21.5 Å². The Morgan fingerprint density at radius 2 is 2.09 bits per heavy atom. The van der Waals surface area contributed by atoms with Crippen LogP contribution in [0.25, 0.3) is 10.8 Å². The summed E-state index contributed by atoms with van der Waals surface area (Å²) in [5.74, 6) is -0.435. The van der Waals surface area contributed by atoms with Gasteiger partial charge in [0.2, 0.25) is 0 Å². The summed E-state index contributed by atoms with van der Waals surface area (Å²) in [6.07, 6.45) is 2.11. The Kier molecular flexibility index (Phi) is 3.51. The minimum absolute atomic E-state index is 0.0101. The number of rotatable bonds is 4. The molecular formula is C17H20N2O3. The molecule has 1 aromatic heterocycles. The summed E-state index contributed by atoms with van der Waals surface area (Å²) >= 11 is 0. The van der Waals surface area contributed by atoms with E-state index < -0.39 is 5.97 Å². The van der Waals surface area contributed by atoms with Crippen molar-refractivity contribution in [3.63, 3.8) is 0 Å². The molecule has 1 heterocycles. The number of carbonyl (C=O) groups excluding carboxylic acids is 1. The molecule has 0 unspecified atom stereocenters. The van der Waals surface area contributed by atoms with Gasteiger partial charge in [0.1, 0.15) is 6.54 Å². The molecule has 0 saturated heterocycles. The second kappa shape index (κ2) is 5.23. The van der Waals surface area contributed by atoms with Crippen LogP contribution in [0.15, 0.2) is 23.0 Å². The van der Waals surface area contributed by atoms with E-state index in [9.17, 15) is 9.59 Å². The van der Waals surface area contributed by atoms with Gasteiger partial charge in [0, 0.05) is 10.8 Å². The molecule has 3 rings (SSSR count). The molecule has 22 heavy (non-hydrogen) atoms. The standard InChI is InChI=1S/C17H20N2O3/c1-4-22-14(20)10-19-16(21)12-6-5-11(2)9-13(12)15(18-19)17(3)7-8-17/h5-6,9H,4,7-8,10H2,1-3H3. The SMILES string of the molecule is CCOC(=O)Cn1nc(C2(C)CC2)c2cc(C)ccc2c1=O. The largest absolute Gasteiger partial charge is 0.465 e. The number of aryl methyl sites for hydroxylation is 1. The van der Waals surface area contributed by atoms with Crippen molar-refractivity contribution in [1.29, 1.82) is 0 Å². The van der Waals surface area contributed by atoms with E-state index in [1.54, 1.807) is 6.92 Å². The molecule has 5 heteroatoms. The number of hydrogen-bond donors (Lipinski definition) is 0. The highest BCUT2D eigenvalue weighted by Gasteiger charge is 2.42. The van der Waals surface area contributed by atoms with Crippen LogP contribution in [-0.4, -0.2) is 22.4 Å². The van der Waals surface area contributed by atoms with Gasteiger partial charge in [-0.15, -0.1) is 0 Å². The Morgan fingerprint density at radius 1 is 1.36 bits per heavy atom. The molecular weight excluding hydrogens is 280 g/mol. The molecule has 5 nitrogen and oxygen atoms in total. The van der Waals surface area contributed by atoms with Gasteiger partial charge in [-0.1, -0.05) is 18.6 Å². The van der Waals surface area contributed by atoms with E-state index in [0.717, 1.165) is 29.5 Å². The van der Waals surface area contributed by atoms with Gasteiger partial charge in [0.15, 0.2) is 0 Å². The van der Waals surface area contributed by atoms with Crippen molar-refractivity contribution < 1.29 is 9.53 Å². The molecule has 1 aliphatic carbocycles. The lowest BCUT2D eigenvalue weighted by Gasteiger charge is -2.15. The van der Waals surface area contributed by atoms with Crippen molar-refractivity contribution in [2.75, 3.05) is 6.61 Å². The zero-order valence-electron chi connectivity index (χ0n) is 13.2. The molecule has 1 aromatic carbocycles. The van der Waals surface area contributed by atoms with Crippen LogP contribution in [0.1, 0.15) is 37.9 Å². The van der Waals surface area contributed by atoms with Gasteiger partial charge in [-0.3, -0.25) is 9.59 Å². The average Bonchev–Trinajstić information content (AvgIpc) is 3.21. The van der Waals surface area contributed by atoms with E-state index in [0.29, 0.717) is 12.0 Å². The number of benzene rings is 1. The van der Waals surface area contributed by atoms with Crippen LogP contribution in [0.5, 0.6) is 0 Å². The second-order valence-electron chi connectivity index (χ2n) is 6.23. The zero-order valence-corrected chi connectivity index (χ0v) is 13.2. The number of fused-ring (bicyclic) bond motifs is 1. The molecule has 0 radical (unpaired) electrons. The van der Waals surface area contributed by atoms with Gasteiger partial charge < -0.3 is 4.74 Å². The van der Waals surface area contributed by atoms with Crippen LogP contribution in [0.2, 0.25) is 0 Å². The Balaban J connectivity index is 2.18. The lowest BCUT2D eigenvalue weighted by atomic mass is 9.98. The highest BCUT2D eigenvalue weighted by atomic mass is 16.5. The van der Waals surface area contributed by atoms with E-state index in [4.69, 9.17) is 4.74 Å². The van der Waals surface area contributed by atoms with Gasteiger partial charge >= 0.3 is 5.97 Å². The topological polar surface area (TPSA) is 61.2 Å². The quantitative estimate of drug-likeness (QED) is 0.813. The number of hydrogen-bond acceptors (Lipinski definition) is 4. The lowest BCUT2D eigenvalue weighted by molar-refractivity contribution is -0.144. The fourth-order valence-electron chi connectivity index (χ4n) is 2.71. The normalized spacial score (nSPS) is 15.8. The molecule has 0 atom stereocenters. The molecule has 1 aliphatic rings. The Morgan fingerprint density at radius 3 is 2.73 bits per heavy atom. The molecule has 1 saturated carbocycles. The van der Waals surface area contributed by atoms with Crippen molar-refractivity contribution in [3.8, 4) is 0 Å². The van der Waals surface area contributed by atoms with Crippen molar-refractivity contribution in [3.05, 3.63) is 39.8 Å². The predicted octanol–water partition coefficient (Wildman–Crippen LogP) is 2.32. The Hall–Kier alpha value is -2.17. The van der Waals surface area contributed by atoms with E-state index in [1.165, 1.54) is 4.68 Å². The molecule has 116 valence electrons. The van der Waals surface area contributed by atoms with Gasteiger partial charge in [0.25, 0.3) is 5.56 Å². The first kappa shape index (κ1) is 14.8. The third-order valence-corrected chi connectivity index (χ3v) is 4.27. The maximum atomic E-state index is 12.6. The van der Waals surface area contributed by atoms with Crippen LogP contribution < -0.4 is 5.56 Å². The molecule has 0 bridgehead atoms. The van der Waals surface area contributed by atoms with Crippen molar-refractivity contribution >= 4 is 16.7 Å². The van der Waals surface area contributed by atoms with E-state index in [1.807, 2.05) is 25.1 Å². The summed E-state index contributed by atoms with van der Waals surface area (Å²) in [6, 6.07) is 5.75. The molecule has 0 amide bonds. The van der Waals surface area contributed by atoms with Gasteiger partial charge in [0.05, 0.1) is 17.7 Å². The predicted molar refractivity (Wildman–Crippen MR) is 84.0 cm³/mol. The third kappa shape index (κ3) is 2.51. The van der Waals surface area contributed by atoms with E-state index >= 15 is 0 Å². The van der Waals surface area contributed by atoms with E-state index in [-0.39, 0.29) is 17.5 Å². The zero-order chi connectivity index (χ0) is 15.9. The summed E-state index contributed by atoms with van der Waals surface area (Å²) in [5, 5.41) is 6.03. The average molecular weight is 300 g/mol. The molecule has 0 spiro atoms. The first-order valence-corrected chi connectivity index (χ1v) is 7.62. The number of esters is 1. The molecule has 2 aromatic rings. The first-order chi connectivity index (χ1) is 10.4. The maximum absolute atomic E-state index is 12.6. The highest BCUT2D eigenvalue weighted by Crippen LogP contribution is 2.48. The summed E-state index contributed by atoms with van der Waals surface area (Å²) in [6.45, 7) is 6.05. The number of aromatic nitrogens is 2. The second-order valence-corrected chi connectivity index (χ2v) is 6.23. The van der Waals surface area contributed by atoms with Crippen molar-refractivity contribution in [1.82, 2.24) is 9.78 Å². The molecule has 1 fully saturated rings. The summed E-state index contributed by atoms with van der Waals surface area (Å²) < 4.78 is 6.18. The smallest absolute Gasteiger partial charge is 0.327 e. The summed E-state index contributed by atoms with van der Waals surface area (Å²) in [5.41, 5.74) is 1.78. The Labute approximate surface area is 128 Å². The van der Waals surface area contributed by atoms with Gasteiger partial charge in [-0.05, 0) is 38.8 Å². The van der Waals surface area contributed by atoms with E-state index in [2.05, 4.69) is 12.0 Å². The Bertz CT molecular complexity index is 803.